The summed E-state index contributed by atoms with van der Waals surface area (Å²) in [6.45, 7) is 9.09. The van der Waals surface area contributed by atoms with Crippen molar-refractivity contribution in [3.8, 4) is 0 Å². The predicted molar refractivity (Wildman–Crippen MR) is 70.6 cm³/mol. The third kappa shape index (κ3) is 4.42. The van der Waals surface area contributed by atoms with E-state index in [1.165, 1.54) is 0 Å². The van der Waals surface area contributed by atoms with Gasteiger partial charge in [0.2, 0.25) is 0 Å². The smallest absolute Gasteiger partial charge is 0.140 e. The molecule has 0 amide bonds. The molecule has 0 aliphatic carbocycles. The van der Waals surface area contributed by atoms with E-state index in [2.05, 4.69) is 42.0 Å². The Morgan fingerprint density at radius 1 is 1.44 bits per heavy atom. The molecule has 0 aromatic rings. The second-order valence-corrected chi connectivity index (χ2v) is 5.34. The van der Waals surface area contributed by atoms with Gasteiger partial charge >= 0.3 is 0 Å². The Morgan fingerprint density at radius 3 is 2.62 bits per heavy atom. The first kappa shape index (κ1) is 13.3. The van der Waals surface area contributed by atoms with Crippen molar-refractivity contribution in [2.45, 2.75) is 33.2 Å². The quantitative estimate of drug-likeness (QED) is 0.696. The van der Waals surface area contributed by atoms with Crippen molar-refractivity contribution < 1.29 is 0 Å². The number of aliphatic imine (C=N–C) groups is 1. The highest BCUT2D eigenvalue weighted by molar-refractivity contribution is 8.02. The Kier molecular flexibility index (Phi) is 4.64. The molecule has 5 nitrogen and oxygen atoms in total. The first-order valence-corrected chi connectivity index (χ1v) is 6.58. The summed E-state index contributed by atoms with van der Waals surface area (Å²) in [4.78, 5) is 4.36. The third-order valence-corrected chi connectivity index (χ3v) is 2.36. The molecule has 3 N–H and O–H groups in total. The molecule has 0 fully saturated rings. The van der Waals surface area contributed by atoms with Gasteiger partial charge in [-0.15, -0.1) is 11.8 Å². The van der Waals surface area contributed by atoms with E-state index in [0.717, 1.165) is 17.4 Å². The summed E-state index contributed by atoms with van der Waals surface area (Å²) in [5, 5.41) is 2.81. The largest absolute Gasteiger partial charge is 0.281 e. The van der Waals surface area contributed by atoms with Crippen molar-refractivity contribution in [1.29, 1.82) is 0 Å². The zero-order valence-corrected chi connectivity index (χ0v) is 11.4. The van der Waals surface area contributed by atoms with Crippen molar-refractivity contribution in [2.75, 3.05) is 12.8 Å². The lowest BCUT2D eigenvalue weighted by Gasteiger charge is -2.35. The maximum absolute atomic E-state index is 4.36. The molecule has 1 heterocycles. The van der Waals surface area contributed by atoms with Crippen LogP contribution in [-0.4, -0.2) is 29.4 Å². The van der Waals surface area contributed by atoms with Crippen LogP contribution in [0.1, 0.15) is 27.7 Å². The minimum atomic E-state index is -0.0157. The Morgan fingerprint density at radius 2 is 2.12 bits per heavy atom. The van der Waals surface area contributed by atoms with Gasteiger partial charge in [-0.25, -0.2) is 5.43 Å². The van der Waals surface area contributed by atoms with E-state index in [9.17, 15) is 0 Å². The van der Waals surface area contributed by atoms with Gasteiger partial charge in [0.1, 0.15) is 5.84 Å². The highest BCUT2D eigenvalue weighted by Crippen LogP contribution is 2.11. The maximum atomic E-state index is 4.36. The van der Waals surface area contributed by atoms with E-state index in [1.807, 2.05) is 19.3 Å². The van der Waals surface area contributed by atoms with Crippen LogP contribution in [-0.2, 0) is 0 Å². The number of hydrazine groups is 3. The van der Waals surface area contributed by atoms with Crippen LogP contribution >= 0.6 is 11.8 Å². The van der Waals surface area contributed by atoms with E-state index in [-0.39, 0.29) is 5.54 Å². The SMILES string of the molecule is CCN=C1C=C(SC)NN(NC(C)(C)C)N1. The number of nitrogens with zero attached hydrogens (tertiary/aromatic N) is 2. The minimum absolute atomic E-state index is 0.0157. The molecular formula is C10H21N5S. The molecule has 6 heteroatoms. The summed E-state index contributed by atoms with van der Waals surface area (Å²) in [6, 6.07) is 0. The summed E-state index contributed by atoms with van der Waals surface area (Å²) in [7, 11) is 0. The second kappa shape index (κ2) is 5.56. The minimum Gasteiger partial charge on any atom is -0.281 e. The van der Waals surface area contributed by atoms with Crippen LogP contribution in [0.25, 0.3) is 0 Å². The van der Waals surface area contributed by atoms with Crippen molar-refractivity contribution in [1.82, 2.24) is 21.5 Å². The number of rotatable bonds is 3. The molecule has 16 heavy (non-hydrogen) atoms. The lowest BCUT2D eigenvalue weighted by Crippen LogP contribution is -2.64. The Balaban J connectivity index is 2.71. The van der Waals surface area contributed by atoms with Gasteiger partial charge in [-0.3, -0.25) is 15.8 Å². The van der Waals surface area contributed by atoms with Crippen LogP contribution in [0.2, 0.25) is 0 Å². The molecule has 0 atom stereocenters. The van der Waals surface area contributed by atoms with Crippen LogP contribution in [0.5, 0.6) is 0 Å². The Bertz CT molecular complexity index is 292. The fourth-order valence-electron chi connectivity index (χ4n) is 1.19. The molecule has 0 saturated carbocycles. The molecular weight excluding hydrogens is 222 g/mol. The lowest BCUT2D eigenvalue weighted by atomic mass is 10.1. The average molecular weight is 243 g/mol. The van der Waals surface area contributed by atoms with Gasteiger partial charge in [0.05, 0.1) is 5.03 Å². The van der Waals surface area contributed by atoms with Crippen LogP contribution in [0, 0.1) is 0 Å². The zero-order valence-electron chi connectivity index (χ0n) is 10.6. The molecule has 0 aromatic carbocycles. The molecule has 0 spiro atoms. The molecule has 1 rings (SSSR count). The summed E-state index contributed by atoms with van der Waals surface area (Å²) < 4.78 is 0. The average Bonchev–Trinajstić information content (AvgIpc) is 2.15. The number of hydrogen-bond donors (Lipinski definition) is 3. The van der Waals surface area contributed by atoms with Crippen molar-refractivity contribution in [3.63, 3.8) is 0 Å². The van der Waals surface area contributed by atoms with Crippen molar-refractivity contribution in [2.24, 2.45) is 4.99 Å². The standard InChI is InChI=1S/C10H21N5S/c1-6-11-8-7-9(16-5)13-15(12-8)14-10(2,3)4/h7,13-14H,6H2,1-5H3,(H,11,12). The third-order valence-electron chi connectivity index (χ3n) is 1.71. The van der Waals surface area contributed by atoms with Crippen molar-refractivity contribution in [3.05, 3.63) is 11.1 Å². The zero-order chi connectivity index (χ0) is 12.2. The van der Waals surface area contributed by atoms with Crippen LogP contribution in [0.4, 0.5) is 0 Å². The molecule has 0 aromatic heterocycles. The number of hydrogen-bond acceptors (Lipinski definition) is 5. The maximum Gasteiger partial charge on any atom is 0.140 e. The van der Waals surface area contributed by atoms with Gasteiger partial charge in [-0.1, -0.05) is 5.23 Å². The first-order valence-electron chi connectivity index (χ1n) is 5.36. The van der Waals surface area contributed by atoms with E-state index in [0.29, 0.717) is 0 Å². The van der Waals surface area contributed by atoms with Crippen molar-refractivity contribution >= 4 is 17.6 Å². The van der Waals surface area contributed by atoms with E-state index in [1.54, 1.807) is 17.0 Å². The number of amidine groups is 1. The fourth-order valence-corrected chi connectivity index (χ4v) is 1.60. The second-order valence-electron chi connectivity index (χ2n) is 4.49. The van der Waals surface area contributed by atoms with Crippen LogP contribution in [0.15, 0.2) is 16.1 Å². The topological polar surface area (TPSA) is 51.7 Å². The fraction of sp³-hybridized carbons (Fsp3) is 0.700. The monoisotopic (exact) mass is 243 g/mol. The van der Waals surface area contributed by atoms with Gasteiger partial charge in [0, 0.05) is 18.2 Å². The van der Waals surface area contributed by atoms with Gasteiger partial charge in [-0.2, -0.15) is 0 Å². The summed E-state index contributed by atoms with van der Waals surface area (Å²) in [6.07, 6.45) is 4.03. The molecule has 0 saturated heterocycles. The van der Waals surface area contributed by atoms with Gasteiger partial charge in [0.15, 0.2) is 0 Å². The first-order chi connectivity index (χ1) is 7.44. The molecule has 0 bridgehead atoms. The summed E-state index contributed by atoms with van der Waals surface area (Å²) in [5.41, 5.74) is 9.62. The van der Waals surface area contributed by atoms with Gasteiger partial charge in [-0.05, 0) is 34.0 Å². The molecule has 0 radical (unpaired) electrons. The van der Waals surface area contributed by atoms with Gasteiger partial charge < -0.3 is 0 Å². The molecule has 1 aliphatic heterocycles. The van der Waals surface area contributed by atoms with Gasteiger partial charge in [0.25, 0.3) is 0 Å². The Labute approximate surface area is 102 Å². The molecule has 1 aliphatic rings. The number of nitrogens with one attached hydrogen (secondary N) is 3. The van der Waals surface area contributed by atoms with Crippen LogP contribution < -0.4 is 16.3 Å². The normalized spacial score (nSPS) is 20.3. The van der Waals surface area contributed by atoms with E-state index >= 15 is 0 Å². The predicted octanol–water partition coefficient (Wildman–Crippen LogP) is 1.24. The Hall–Kier alpha value is -0.720. The van der Waals surface area contributed by atoms with E-state index in [4.69, 9.17) is 0 Å². The molecule has 0 unspecified atom stereocenters. The number of thioether (sulfide) groups is 1. The highest BCUT2D eigenvalue weighted by Gasteiger charge is 2.19. The molecule has 92 valence electrons. The summed E-state index contributed by atoms with van der Waals surface area (Å²) in [5.74, 6) is 0.863. The van der Waals surface area contributed by atoms with E-state index < -0.39 is 0 Å². The summed E-state index contributed by atoms with van der Waals surface area (Å²) >= 11 is 1.65. The highest BCUT2D eigenvalue weighted by atomic mass is 32.2. The lowest BCUT2D eigenvalue weighted by molar-refractivity contribution is 0.0528. The van der Waals surface area contributed by atoms with Crippen LogP contribution in [0.3, 0.4) is 0 Å².